The molecule has 0 spiro atoms. The summed E-state index contributed by atoms with van der Waals surface area (Å²) in [7, 11) is 0. The largest absolute Gasteiger partial charge is 0.419 e. The molecule has 0 bridgehead atoms. The summed E-state index contributed by atoms with van der Waals surface area (Å²) in [5.74, 6) is -2.02. The van der Waals surface area contributed by atoms with Crippen molar-refractivity contribution in [1.29, 1.82) is 0 Å². The molecule has 0 aromatic heterocycles. The Morgan fingerprint density at radius 1 is 0.795 bits per heavy atom. The van der Waals surface area contributed by atoms with E-state index >= 15 is 0 Å². The predicted molar refractivity (Wildman–Crippen MR) is 147 cm³/mol. The summed E-state index contributed by atoms with van der Waals surface area (Å²) in [6, 6.07) is 9.88. The lowest BCUT2D eigenvalue weighted by Gasteiger charge is -2.42. The molecular formula is C27H30N4O6S2. The molecule has 4 saturated heterocycles. The molecule has 4 aliphatic rings. The van der Waals surface area contributed by atoms with Crippen LogP contribution in [-0.4, -0.2) is 78.0 Å². The lowest BCUT2D eigenvalue weighted by molar-refractivity contribution is -0.201. The van der Waals surface area contributed by atoms with Gasteiger partial charge in [-0.15, -0.1) is 23.5 Å². The molecule has 10 nitrogen and oxygen atoms in total. The third kappa shape index (κ3) is 3.94. The average molecular weight is 571 g/mol. The highest BCUT2D eigenvalue weighted by Gasteiger charge is 2.65. The van der Waals surface area contributed by atoms with Crippen molar-refractivity contribution in [3.05, 3.63) is 48.0 Å². The van der Waals surface area contributed by atoms with Crippen LogP contribution in [0.15, 0.2) is 42.5 Å². The number of rotatable bonds is 5. The number of benzene rings is 2. The number of carbonyl (C=O) groups is 4. The minimum Gasteiger partial charge on any atom is -0.419 e. The van der Waals surface area contributed by atoms with Gasteiger partial charge in [0.05, 0.1) is 0 Å². The molecule has 12 heteroatoms. The van der Waals surface area contributed by atoms with Crippen molar-refractivity contribution in [3.8, 4) is 0 Å². The second-order valence-corrected chi connectivity index (χ2v) is 14.9. The highest BCUT2D eigenvalue weighted by atomic mass is 32.2. The van der Waals surface area contributed by atoms with Gasteiger partial charge in [0.25, 0.3) is 6.29 Å². The first-order chi connectivity index (χ1) is 18.3. The second kappa shape index (κ2) is 8.85. The van der Waals surface area contributed by atoms with Crippen molar-refractivity contribution in [2.24, 2.45) is 11.5 Å². The Labute approximate surface area is 234 Å². The maximum Gasteiger partial charge on any atom is 0.333 e. The number of amides is 2. The molecule has 4 fully saturated rings. The van der Waals surface area contributed by atoms with E-state index < -0.39 is 51.9 Å². The number of carbonyl (C=O) groups excluding carboxylic acids is 4. The van der Waals surface area contributed by atoms with E-state index in [4.69, 9.17) is 20.9 Å². The highest BCUT2D eigenvalue weighted by molar-refractivity contribution is 8.02. The van der Waals surface area contributed by atoms with Crippen LogP contribution in [0.25, 0.3) is 10.8 Å². The monoisotopic (exact) mass is 570 g/mol. The Bertz CT molecular complexity index is 1350. The summed E-state index contributed by atoms with van der Waals surface area (Å²) in [6.07, 6.45) is -1.40. The summed E-state index contributed by atoms with van der Waals surface area (Å²) >= 11 is 2.89. The van der Waals surface area contributed by atoms with Gasteiger partial charge in [0.1, 0.15) is 34.9 Å². The molecule has 39 heavy (non-hydrogen) atoms. The van der Waals surface area contributed by atoms with E-state index in [1.807, 2.05) is 58.0 Å². The summed E-state index contributed by atoms with van der Waals surface area (Å²) in [6.45, 7) is 7.43. The first-order valence-electron chi connectivity index (χ1n) is 12.7. The first-order valence-corrected chi connectivity index (χ1v) is 14.5. The number of hydrogen-bond donors (Lipinski definition) is 2. The van der Waals surface area contributed by atoms with Crippen LogP contribution in [0.4, 0.5) is 0 Å². The minimum atomic E-state index is -1.40. The maximum atomic E-state index is 13.7. The van der Waals surface area contributed by atoms with Crippen LogP contribution in [-0.2, 0) is 28.7 Å². The number of β-lactam (4-membered cyclic amide) rings is 2. The molecule has 0 saturated carbocycles. The second-order valence-electron chi connectivity index (χ2n) is 11.4. The topological polar surface area (TPSA) is 145 Å². The molecule has 206 valence electrons. The number of esters is 2. The van der Waals surface area contributed by atoms with Crippen molar-refractivity contribution in [3.63, 3.8) is 0 Å². The van der Waals surface area contributed by atoms with Crippen LogP contribution in [0.3, 0.4) is 0 Å². The third-order valence-electron chi connectivity index (χ3n) is 7.90. The van der Waals surface area contributed by atoms with E-state index in [1.165, 1.54) is 33.3 Å². The molecule has 0 aliphatic carbocycles. The molecule has 4 N–H and O–H groups in total. The van der Waals surface area contributed by atoms with Gasteiger partial charge in [-0.3, -0.25) is 9.59 Å². The van der Waals surface area contributed by atoms with E-state index in [0.29, 0.717) is 5.56 Å². The van der Waals surface area contributed by atoms with Crippen LogP contribution >= 0.6 is 23.5 Å². The van der Waals surface area contributed by atoms with Crippen molar-refractivity contribution in [2.45, 2.75) is 78.4 Å². The molecule has 4 aliphatic heterocycles. The Kier molecular flexibility index (Phi) is 6.00. The van der Waals surface area contributed by atoms with Gasteiger partial charge in [0.2, 0.25) is 11.8 Å². The smallest absolute Gasteiger partial charge is 0.333 e. The molecule has 2 aromatic carbocycles. The first kappa shape index (κ1) is 26.4. The van der Waals surface area contributed by atoms with E-state index in [9.17, 15) is 19.2 Å². The normalized spacial score (nSPS) is 32.7. The third-order valence-corrected chi connectivity index (χ3v) is 11.1. The van der Waals surface area contributed by atoms with Crippen LogP contribution in [0, 0.1) is 0 Å². The molecule has 2 aromatic rings. The predicted octanol–water partition coefficient (Wildman–Crippen LogP) is 1.70. The highest BCUT2D eigenvalue weighted by Crippen LogP contribution is 2.52. The van der Waals surface area contributed by atoms with Gasteiger partial charge >= 0.3 is 11.9 Å². The number of ether oxygens (including phenoxy) is 2. The zero-order valence-corrected chi connectivity index (χ0v) is 23.5. The standard InChI is InChI=1S/C27H30N4O6S2/c1-26(2)17(30-19(32)15(28)21(30)38-26)23(34)36-25(14-10-9-12-7-5-6-8-13(12)11-14)37-24(35)18-27(3,4)39-22-16(29)20(33)31(18)22/h5-11,15-18,21-22,25H,28-29H2,1-4H3/t15?,16?,17-,18-,21+,22+,25?/m0/s1. The molecule has 4 heterocycles. The summed E-state index contributed by atoms with van der Waals surface area (Å²) in [5.41, 5.74) is 12.4. The Morgan fingerprint density at radius 3 is 1.74 bits per heavy atom. The van der Waals surface area contributed by atoms with Crippen molar-refractivity contribution < 1.29 is 28.7 Å². The maximum absolute atomic E-state index is 13.7. The quantitative estimate of drug-likeness (QED) is 0.309. The van der Waals surface area contributed by atoms with Gasteiger partial charge in [-0.05, 0) is 44.5 Å². The molecule has 2 unspecified atom stereocenters. The Balaban J connectivity index is 1.31. The summed E-state index contributed by atoms with van der Waals surface area (Å²) < 4.78 is 10.5. The van der Waals surface area contributed by atoms with Gasteiger partial charge in [-0.25, -0.2) is 9.59 Å². The zero-order chi connectivity index (χ0) is 28.0. The number of fused-ring (bicyclic) bond motifs is 3. The fraction of sp³-hybridized carbons (Fsp3) is 0.481. The molecule has 6 atom stereocenters. The van der Waals surface area contributed by atoms with Crippen molar-refractivity contribution >= 4 is 58.0 Å². The Morgan fingerprint density at radius 2 is 1.26 bits per heavy atom. The SMILES string of the molecule is CC1(C)S[C@@H]2C(N)C(=O)N2[C@H]1C(=O)OC(OC(=O)[C@@H]1N2C(=O)C(N)[C@H]2SC1(C)C)c1ccc2ccccc2c1. The molecule has 6 rings (SSSR count). The van der Waals surface area contributed by atoms with Crippen LogP contribution in [0.2, 0.25) is 0 Å². The van der Waals surface area contributed by atoms with Crippen LogP contribution < -0.4 is 11.5 Å². The number of hydrogen-bond acceptors (Lipinski definition) is 10. The van der Waals surface area contributed by atoms with E-state index in [1.54, 1.807) is 12.1 Å². The fourth-order valence-electron chi connectivity index (χ4n) is 5.90. The van der Waals surface area contributed by atoms with Gasteiger partial charge in [0, 0.05) is 15.1 Å². The average Bonchev–Trinajstić information content (AvgIpc) is 3.32. The molecule has 0 radical (unpaired) electrons. The van der Waals surface area contributed by atoms with Gasteiger partial charge in [-0.1, -0.05) is 36.4 Å². The lowest BCUT2D eigenvalue weighted by Crippen LogP contribution is -2.69. The van der Waals surface area contributed by atoms with Crippen molar-refractivity contribution in [2.75, 3.05) is 0 Å². The fourth-order valence-corrected chi connectivity index (χ4v) is 9.03. The number of nitrogens with zero attached hydrogens (tertiary/aromatic N) is 2. The number of nitrogens with two attached hydrogens (primary N) is 2. The van der Waals surface area contributed by atoms with Gasteiger partial charge in [0.15, 0.2) is 0 Å². The van der Waals surface area contributed by atoms with Gasteiger partial charge < -0.3 is 30.7 Å². The summed E-state index contributed by atoms with van der Waals surface area (Å²) in [4.78, 5) is 55.3. The lowest BCUT2D eigenvalue weighted by atomic mass is 9.96. The van der Waals surface area contributed by atoms with Gasteiger partial charge in [-0.2, -0.15) is 0 Å². The Hall–Kier alpha value is -2.80. The molecule has 2 amide bonds. The molecular weight excluding hydrogens is 540 g/mol. The minimum absolute atomic E-state index is 0.317. The van der Waals surface area contributed by atoms with Crippen LogP contribution in [0.5, 0.6) is 0 Å². The number of thioether (sulfide) groups is 2. The zero-order valence-electron chi connectivity index (χ0n) is 21.9. The van der Waals surface area contributed by atoms with Crippen molar-refractivity contribution in [1.82, 2.24) is 9.80 Å². The van der Waals surface area contributed by atoms with E-state index in [-0.39, 0.29) is 22.6 Å². The van der Waals surface area contributed by atoms with Crippen LogP contribution in [0.1, 0.15) is 39.5 Å². The van der Waals surface area contributed by atoms with E-state index in [2.05, 4.69) is 0 Å². The summed E-state index contributed by atoms with van der Waals surface area (Å²) in [5, 5.41) is 1.20. The van der Waals surface area contributed by atoms with E-state index in [0.717, 1.165) is 10.8 Å².